The van der Waals surface area contributed by atoms with Gasteiger partial charge in [-0.3, -0.25) is 0 Å². The van der Waals surface area contributed by atoms with Gasteiger partial charge in [0.25, 0.3) is 0 Å². The lowest BCUT2D eigenvalue weighted by Crippen LogP contribution is -2.28. The lowest BCUT2D eigenvalue weighted by atomic mass is 10.1. The number of ether oxygens (including phenoxy) is 2. The summed E-state index contributed by atoms with van der Waals surface area (Å²) in [6.07, 6.45) is 0.0404. The first-order chi connectivity index (χ1) is 9.69. The van der Waals surface area contributed by atoms with Crippen LogP contribution in [0.1, 0.15) is 30.1 Å². The molecule has 0 saturated carbocycles. The van der Waals surface area contributed by atoms with Crippen LogP contribution < -0.4 is 9.47 Å². The van der Waals surface area contributed by atoms with Crippen LogP contribution in [-0.2, 0) is 0 Å². The number of allylic oxidation sites excluding steroid dienone is 1. The van der Waals surface area contributed by atoms with Gasteiger partial charge in [0.05, 0.1) is 5.56 Å². The van der Waals surface area contributed by atoms with Gasteiger partial charge in [-0.2, -0.15) is 0 Å². The highest BCUT2D eigenvalue weighted by Crippen LogP contribution is 2.37. The Balaban J connectivity index is 2.36. The van der Waals surface area contributed by atoms with E-state index >= 15 is 0 Å². The van der Waals surface area contributed by atoms with Gasteiger partial charge in [-0.1, -0.05) is 6.08 Å². The van der Waals surface area contributed by atoms with Gasteiger partial charge >= 0.3 is 12.3 Å². The monoisotopic (exact) mass is 302 g/mol. The molecule has 0 amide bonds. The number of carboxylic acids is 1. The summed E-state index contributed by atoms with van der Waals surface area (Å²) < 4.78 is 46.6. The van der Waals surface area contributed by atoms with Crippen LogP contribution in [-0.4, -0.2) is 23.0 Å². The number of hydrogen-bond acceptors (Lipinski definition) is 3. The molecular formula is C14H13F3O4. The number of rotatable bonds is 4. The Hall–Kier alpha value is -2.18. The van der Waals surface area contributed by atoms with Gasteiger partial charge in [0.1, 0.15) is 5.60 Å². The minimum Gasteiger partial charge on any atom is -0.480 e. The highest BCUT2D eigenvalue weighted by molar-refractivity contribution is 5.88. The fourth-order valence-corrected chi connectivity index (χ4v) is 2.05. The first-order valence-electron chi connectivity index (χ1n) is 6.18. The van der Waals surface area contributed by atoms with Crippen LogP contribution in [0, 0.1) is 0 Å². The van der Waals surface area contributed by atoms with Crippen LogP contribution in [0.4, 0.5) is 13.2 Å². The topological polar surface area (TPSA) is 55.8 Å². The van der Waals surface area contributed by atoms with Crippen LogP contribution in [0.3, 0.4) is 0 Å². The molecular weight excluding hydrogens is 289 g/mol. The van der Waals surface area contributed by atoms with Crippen LogP contribution in [0.15, 0.2) is 30.4 Å². The van der Waals surface area contributed by atoms with Crippen molar-refractivity contribution in [1.82, 2.24) is 0 Å². The maximum absolute atomic E-state index is 12.4. The first-order valence-corrected chi connectivity index (χ1v) is 6.18. The van der Waals surface area contributed by atoms with Gasteiger partial charge in [-0.25, -0.2) is 4.79 Å². The van der Waals surface area contributed by atoms with Crippen molar-refractivity contribution in [2.24, 2.45) is 0 Å². The molecule has 4 nitrogen and oxygen atoms in total. The number of carboxylic acid groups (broad SMARTS) is 1. The highest BCUT2D eigenvalue weighted by atomic mass is 19.4. The van der Waals surface area contributed by atoms with E-state index in [2.05, 4.69) is 4.74 Å². The second-order valence-electron chi connectivity index (χ2n) is 4.87. The molecule has 2 rings (SSSR count). The van der Waals surface area contributed by atoms with E-state index in [9.17, 15) is 18.0 Å². The van der Waals surface area contributed by atoms with E-state index in [0.29, 0.717) is 6.42 Å². The second kappa shape index (κ2) is 5.31. The average Bonchev–Trinajstić information content (AvgIpc) is 2.76. The Bertz CT molecular complexity index is 580. The molecule has 1 aromatic rings. The zero-order valence-electron chi connectivity index (χ0n) is 11.1. The molecule has 1 aliphatic carbocycles. The van der Waals surface area contributed by atoms with Crippen molar-refractivity contribution in [3.63, 3.8) is 0 Å². The van der Waals surface area contributed by atoms with Crippen LogP contribution >= 0.6 is 0 Å². The molecule has 0 spiro atoms. The summed E-state index contributed by atoms with van der Waals surface area (Å²) in [7, 11) is 0. The van der Waals surface area contributed by atoms with Gasteiger partial charge in [0.15, 0.2) is 11.5 Å². The van der Waals surface area contributed by atoms with Gasteiger partial charge < -0.3 is 14.6 Å². The van der Waals surface area contributed by atoms with Crippen LogP contribution in [0.25, 0.3) is 0 Å². The lowest BCUT2D eigenvalue weighted by molar-refractivity contribution is -0.275. The Labute approximate surface area is 118 Å². The summed E-state index contributed by atoms with van der Waals surface area (Å²) in [6, 6.07) is 3.00. The Morgan fingerprint density at radius 3 is 2.57 bits per heavy atom. The van der Waals surface area contributed by atoms with Crippen molar-refractivity contribution in [2.75, 3.05) is 0 Å². The summed E-state index contributed by atoms with van der Waals surface area (Å²) in [5.41, 5.74) is -0.953. The van der Waals surface area contributed by atoms with E-state index in [4.69, 9.17) is 9.84 Å². The number of benzene rings is 1. The molecule has 0 bridgehead atoms. The van der Waals surface area contributed by atoms with Crippen molar-refractivity contribution in [2.45, 2.75) is 31.7 Å². The zero-order chi connectivity index (χ0) is 15.7. The summed E-state index contributed by atoms with van der Waals surface area (Å²) in [6.45, 7) is 1.71. The predicted molar refractivity (Wildman–Crippen MR) is 67.5 cm³/mol. The van der Waals surface area contributed by atoms with E-state index < -0.39 is 23.7 Å². The quantitative estimate of drug-likeness (QED) is 0.860. The molecule has 7 heteroatoms. The SMILES string of the molecule is CC1(Oc2cc(C(=O)O)ccc2OC(F)(F)F)C=CCC1. The van der Waals surface area contributed by atoms with Crippen molar-refractivity contribution in [3.8, 4) is 11.5 Å². The molecule has 0 heterocycles. The number of carbonyl (C=O) groups is 1. The summed E-state index contributed by atoms with van der Waals surface area (Å²) in [5.74, 6) is -2.07. The molecule has 0 aliphatic heterocycles. The van der Waals surface area contributed by atoms with Gasteiger partial charge in [0.2, 0.25) is 0 Å². The second-order valence-corrected chi connectivity index (χ2v) is 4.87. The van der Waals surface area contributed by atoms with E-state index in [1.807, 2.05) is 6.08 Å². The van der Waals surface area contributed by atoms with Gasteiger partial charge in [0, 0.05) is 0 Å². The third-order valence-corrected chi connectivity index (χ3v) is 3.04. The molecule has 1 unspecified atom stereocenters. The predicted octanol–water partition coefficient (Wildman–Crippen LogP) is 3.77. The zero-order valence-corrected chi connectivity index (χ0v) is 11.1. The fraction of sp³-hybridized carbons (Fsp3) is 0.357. The number of hydrogen-bond donors (Lipinski definition) is 1. The van der Waals surface area contributed by atoms with Gasteiger partial charge in [-0.15, -0.1) is 13.2 Å². The molecule has 1 N–H and O–H groups in total. The lowest BCUT2D eigenvalue weighted by Gasteiger charge is -2.26. The largest absolute Gasteiger partial charge is 0.573 e. The smallest absolute Gasteiger partial charge is 0.480 e. The fourth-order valence-electron chi connectivity index (χ4n) is 2.05. The number of aromatic carboxylic acids is 1. The van der Waals surface area contributed by atoms with Crippen LogP contribution in [0.2, 0.25) is 0 Å². The molecule has 21 heavy (non-hydrogen) atoms. The first kappa shape index (κ1) is 15.2. The van der Waals surface area contributed by atoms with E-state index in [-0.39, 0.29) is 11.3 Å². The maximum Gasteiger partial charge on any atom is 0.573 e. The van der Waals surface area contributed by atoms with Crippen molar-refractivity contribution in [3.05, 3.63) is 35.9 Å². The van der Waals surface area contributed by atoms with Gasteiger partial charge in [-0.05, 0) is 44.0 Å². The third kappa shape index (κ3) is 3.90. The number of halogens is 3. The number of alkyl halides is 3. The van der Waals surface area contributed by atoms with E-state index in [1.54, 1.807) is 13.0 Å². The normalized spacial score (nSPS) is 21.3. The summed E-state index contributed by atoms with van der Waals surface area (Å²) >= 11 is 0. The highest BCUT2D eigenvalue weighted by Gasteiger charge is 2.34. The Morgan fingerprint density at radius 1 is 1.33 bits per heavy atom. The average molecular weight is 302 g/mol. The van der Waals surface area contributed by atoms with E-state index in [0.717, 1.165) is 24.6 Å². The third-order valence-electron chi connectivity index (χ3n) is 3.04. The van der Waals surface area contributed by atoms with E-state index in [1.165, 1.54) is 0 Å². The van der Waals surface area contributed by atoms with Crippen molar-refractivity contribution >= 4 is 5.97 Å². The Kier molecular flexibility index (Phi) is 3.85. The molecule has 1 aliphatic rings. The molecule has 0 fully saturated rings. The molecule has 0 saturated heterocycles. The van der Waals surface area contributed by atoms with Crippen molar-refractivity contribution in [1.29, 1.82) is 0 Å². The molecule has 0 radical (unpaired) electrons. The molecule has 0 aromatic heterocycles. The molecule has 114 valence electrons. The summed E-state index contributed by atoms with van der Waals surface area (Å²) in [4.78, 5) is 10.9. The van der Waals surface area contributed by atoms with Crippen molar-refractivity contribution < 1.29 is 32.5 Å². The molecule has 1 aromatic carbocycles. The minimum atomic E-state index is -4.88. The maximum atomic E-state index is 12.4. The molecule has 1 atom stereocenters. The summed E-state index contributed by atoms with van der Waals surface area (Å²) in [5, 5.41) is 8.93. The standard InChI is InChI=1S/C14H13F3O4/c1-13(6-2-3-7-13)20-11-8-9(12(18)19)4-5-10(11)21-14(15,16)17/h2,4-6,8H,3,7H2,1H3,(H,18,19). The van der Waals surface area contributed by atoms with Crippen LogP contribution in [0.5, 0.6) is 11.5 Å². The minimum absolute atomic E-state index is 0.176. The Morgan fingerprint density at radius 2 is 2.05 bits per heavy atom.